The zero-order valence-electron chi connectivity index (χ0n) is 87.5. The molecule has 16 rings (SSSR count). The van der Waals surface area contributed by atoms with E-state index in [0.717, 1.165) is 70.6 Å². The maximum absolute atomic E-state index is 13.8. The Bertz CT molecular complexity index is 5980. The number of fused-ring (bicyclic) bond motifs is 6. The second kappa shape index (κ2) is 53.3. The molecular formula is C118H141N5O25Si2. The summed E-state index contributed by atoms with van der Waals surface area (Å²) < 4.78 is 89.2. The summed E-state index contributed by atoms with van der Waals surface area (Å²) in [5.74, 6) is -2.72. The first-order valence-corrected chi connectivity index (χ1v) is 55.6. The molecular weight excluding hydrogens is 1940 g/mol. The van der Waals surface area contributed by atoms with Crippen molar-refractivity contribution in [3.05, 3.63) is 288 Å². The zero-order valence-corrected chi connectivity index (χ0v) is 89.5. The SMILES string of the molecule is CC(=O)O[C@H]1C(Oc2ccc(CO)cc2NC(=O)CCNC(=O)OCC2c3ccccc3-c3ccccc32)O[C@H](COC=O)[C@@H](C)[C@@H]1C.CC(=O)O[C@H]1C(Oc2ccc(COC(=O)N3CCOC3CCCO[Si](c3ccccc3)(c3ccccc3)C(C)(C)C)cc2NC(=O)CCNC(=O)OCC2c3ccccc3-c3ccccc32)O[C@H](COC=O)[C@@H](C)[C@@H]1C.CC(C)(C)[Si](OCCCC1CCCO1)(c1ccccc1)c1ccccc1. The van der Waals surface area contributed by atoms with Gasteiger partial charge in [0.1, 0.15) is 50.8 Å². The summed E-state index contributed by atoms with van der Waals surface area (Å²) >= 11 is 0. The minimum Gasteiger partial charge on any atom is -0.465 e. The highest BCUT2D eigenvalue weighted by molar-refractivity contribution is 7.00. The van der Waals surface area contributed by atoms with Gasteiger partial charge in [-0.1, -0.05) is 300 Å². The quantitative estimate of drug-likeness (QED) is 0.00781. The van der Waals surface area contributed by atoms with Gasteiger partial charge in [0.25, 0.3) is 29.6 Å². The number of alkyl carbamates (subject to hydrolysis) is 2. The highest BCUT2D eigenvalue weighted by atomic mass is 28.4. The van der Waals surface area contributed by atoms with E-state index in [-0.39, 0.29) is 134 Å². The minimum absolute atomic E-state index is 0.00641. The topological polar surface area (TPSA) is 364 Å². The van der Waals surface area contributed by atoms with Crippen LogP contribution in [-0.4, -0.2) is 203 Å². The molecule has 5 amide bonds. The summed E-state index contributed by atoms with van der Waals surface area (Å²) in [6.07, 6.45) is -1.50. The molecule has 4 aliphatic heterocycles. The molecule has 4 saturated heterocycles. The third-order valence-corrected chi connectivity index (χ3v) is 39.0. The summed E-state index contributed by atoms with van der Waals surface area (Å²) in [4.78, 5) is 114. The van der Waals surface area contributed by atoms with Crippen LogP contribution in [0.3, 0.4) is 0 Å². The predicted molar refractivity (Wildman–Crippen MR) is 573 cm³/mol. The second-order valence-corrected chi connectivity index (χ2v) is 49.3. The number of hydrogen-bond acceptors (Lipinski definition) is 25. The molecule has 30 nitrogen and oxygen atoms in total. The van der Waals surface area contributed by atoms with Crippen molar-refractivity contribution in [3.8, 4) is 33.8 Å². The third kappa shape index (κ3) is 28.1. The van der Waals surface area contributed by atoms with E-state index in [1.807, 2.05) is 113 Å². The van der Waals surface area contributed by atoms with E-state index in [9.17, 15) is 48.3 Å². The van der Waals surface area contributed by atoms with Gasteiger partial charge < -0.3 is 96.8 Å². The van der Waals surface area contributed by atoms with Crippen LogP contribution in [0.25, 0.3) is 22.3 Å². The van der Waals surface area contributed by atoms with E-state index >= 15 is 0 Å². The third-order valence-electron chi connectivity index (χ3n) is 28.9. The van der Waals surface area contributed by atoms with Gasteiger partial charge in [-0.05, 0) is 161 Å². The van der Waals surface area contributed by atoms with Gasteiger partial charge in [-0.25, -0.2) is 14.4 Å². The van der Waals surface area contributed by atoms with E-state index in [1.54, 1.807) is 41.3 Å². The summed E-state index contributed by atoms with van der Waals surface area (Å²) in [5, 5.41) is 25.7. The summed E-state index contributed by atoms with van der Waals surface area (Å²) in [5.41, 5.74) is 10.3. The maximum Gasteiger partial charge on any atom is 0.412 e. The Balaban J connectivity index is 0.000000202. The number of carbonyl (C=O) groups excluding carboxylic acids is 9. The smallest absolute Gasteiger partial charge is 0.412 e. The van der Waals surface area contributed by atoms with Gasteiger partial charge in [-0.2, -0.15) is 0 Å². The van der Waals surface area contributed by atoms with Crippen LogP contribution in [0.4, 0.5) is 25.8 Å². The Kier molecular flexibility index (Phi) is 39.9. The van der Waals surface area contributed by atoms with Gasteiger partial charge in [0.05, 0.1) is 49.4 Å². The number of nitrogens with one attached hydrogen (secondary N) is 4. The first-order valence-electron chi connectivity index (χ1n) is 51.8. The fourth-order valence-electron chi connectivity index (χ4n) is 21.0. The fraction of sp³-hybridized carbons (Fsp3) is 0.415. The number of amides is 5. The van der Waals surface area contributed by atoms with Crippen molar-refractivity contribution in [1.29, 1.82) is 0 Å². The lowest BCUT2D eigenvalue weighted by Crippen LogP contribution is -2.66. The van der Waals surface area contributed by atoms with Crippen LogP contribution in [0.5, 0.6) is 11.5 Å². The number of ether oxygens (including phenoxy) is 13. The number of esters is 2. The average Bonchev–Trinajstić information content (AvgIpc) is 1.38. The van der Waals surface area contributed by atoms with Crippen molar-refractivity contribution in [2.45, 2.75) is 219 Å². The minimum atomic E-state index is -2.75. The molecule has 150 heavy (non-hydrogen) atoms. The summed E-state index contributed by atoms with van der Waals surface area (Å²) in [7, 11) is -5.12. The van der Waals surface area contributed by atoms with Crippen LogP contribution < -0.4 is 51.5 Å². The molecule has 0 aromatic heterocycles. The molecule has 0 bridgehead atoms. The van der Waals surface area contributed by atoms with E-state index in [1.165, 1.54) is 47.4 Å². The van der Waals surface area contributed by atoms with Crippen LogP contribution in [0, 0.1) is 23.7 Å². The van der Waals surface area contributed by atoms with Gasteiger partial charge in [-0.15, -0.1) is 0 Å². The molecule has 10 aromatic carbocycles. The molecule has 0 spiro atoms. The lowest BCUT2D eigenvalue weighted by atomic mass is 9.83. The number of nitrogens with zero attached hydrogens (tertiary/aromatic N) is 1. The van der Waals surface area contributed by atoms with Gasteiger partial charge in [0.2, 0.25) is 24.4 Å². The number of aliphatic hydroxyl groups excluding tert-OH is 1. The van der Waals surface area contributed by atoms with E-state index in [0.29, 0.717) is 62.8 Å². The Labute approximate surface area is 880 Å². The van der Waals surface area contributed by atoms with Gasteiger partial charge in [0.15, 0.2) is 12.2 Å². The fourth-order valence-corrected chi connectivity index (χ4v) is 30.2. The number of rotatable bonds is 41. The standard InChI is InChI=1S/C59H69N3O13Si.C36H40N2O10.C23H32O2Si/c1-39-40(2)55(73-41(3)64)56(75-52(39)37-68-38-63)74-51-28-27-42(34-50(51)61-53(65)29-30-60-57(66)70-36-49-47-24-15-13-22-45(47)46-23-14-16-25-48(46)49)35-71-58(67)62-31-33-69-54(62)26-17-32-72-76(59(4,5)6,43-18-9-7-10-19-43)44-20-11-8-12-21-44;1-21-22(2)34(46-23(3)41)35(48-32(21)19-44-20-40)47-31-13-12-24(17-39)16-30(31)38-33(42)14-15-37-36(43)45-18-29-27-10-6-4-8-25(27)26-9-5-7-11-28(26)29;1-23(2,3)26(21-14-6-4-7-15-21,22-16-8-5-9-17-22)25-19-11-13-20-12-10-18-24-20/h7-16,18-25,27-28,34,38-40,49,52,54-56H,17,26,29-33,35-37H2,1-6H3,(H,60,66)(H,61,65);4-13,16,20-22,29,32,34-35,39H,14-15,17-19H2,1-3H3,(H,37,43)(H,38,42);4-9,14-17,20H,10-13,18-19H2,1-3H3/t39-,40-,52+,54?,55+,56?;21-,22-,32+,34+,35?;/m00./s1. The molecule has 6 aliphatic rings. The second-order valence-electron chi connectivity index (χ2n) is 40.7. The molecule has 12 atom stereocenters. The first kappa shape index (κ1) is 112. The Morgan fingerprint density at radius 1 is 0.447 bits per heavy atom. The molecule has 10 aromatic rings. The van der Waals surface area contributed by atoms with Crippen molar-refractivity contribution in [2.24, 2.45) is 23.7 Å². The number of benzene rings is 10. The van der Waals surface area contributed by atoms with Crippen LogP contribution in [-0.2, 0) is 103 Å². The largest absolute Gasteiger partial charge is 0.465 e. The van der Waals surface area contributed by atoms with E-state index in [2.05, 4.69) is 196 Å². The molecule has 4 fully saturated rings. The Morgan fingerprint density at radius 3 is 1.20 bits per heavy atom. The Hall–Kier alpha value is -13.4. The highest BCUT2D eigenvalue weighted by Crippen LogP contribution is 2.48. The van der Waals surface area contributed by atoms with Crippen molar-refractivity contribution in [1.82, 2.24) is 15.5 Å². The van der Waals surface area contributed by atoms with Crippen molar-refractivity contribution >= 4 is 104 Å². The highest BCUT2D eigenvalue weighted by Gasteiger charge is 2.53. The molecule has 32 heteroatoms. The molecule has 4 heterocycles. The first-order chi connectivity index (χ1) is 72.4. The zero-order chi connectivity index (χ0) is 106. The van der Waals surface area contributed by atoms with Gasteiger partial charge in [-0.3, -0.25) is 33.7 Å². The summed E-state index contributed by atoms with van der Waals surface area (Å²) in [6, 6.07) is 84.5. The van der Waals surface area contributed by atoms with Crippen LogP contribution in [0.2, 0.25) is 10.1 Å². The normalized spacial score (nSPS) is 20.2. The average molecular weight is 2090 g/mol. The van der Waals surface area contributed by atoms with Gasteiger partial charge in [0, 0.05) is 83.3 Å². The van der Waals surface area contributed by atoms with Crippen LogP contribution >= 0.6 is 0 Å². The maximum atomic E-state index is 13.8. The van der Waals surface area contributed by atoms with Gasteiger partial charge >= 0.3 is 30.2 Å². The Morgan fingerprint density at radius 2 is 0.827 bits per heavy atom. The molecule has 4 unspecified atom stereocenters. The van der Waals surface area contributed by atoms with Crippen molar-refractivity contribution in [2.75, 3.05) is 83.1 Å². The molecule has 796 valence electrons. The molecule has 0 saturated carbocycles. The summed E-state index contributed by atoms with van der Waals surface area (Å²) in [6.45, 7) is 27.1. The number of hydrogen-bond donors (Lipinski definition) is 5. The number of aliphatic hydroxyl groups is 1. The lowest BCUT2D eigenvalue weighted by Gasteiger charge is -2.43. The predicted octanol–water partition coefficient (Wildman–Crippen LogP) is 17.7. The van der Waals surface area contributed by atoms with Crippen LogP contribution in [0.15, 0.2) is 255 Å². The van der Waals surface area contributed by atoms with E-state index < -0.39 is 102 Å². The molecule has 5 N–H and O–H groups in total. The lowest BCUT2D eigenvalue weighted by molar-refractivity contribution is -0.252. The molecule has 0 radical (unpaired) electrons. The van der Waals surface area contributed by atoms with Crippen molar-refractivity contribution < 1.29 is 119 Å². The number of carbonyl (C=O) groups is 9. The van der Waals surface area contributed by atoms with Crippen LogP contribution in [0.1, 0.15) is 180 Å². The van der Waals surface area contributed by atoms with E-state index in [4.69, 9.17) is 70.4 Å². The van der Waals surface area contributed by atoms with Crippen molar-refractivity contribution in [3.63, 3.8) is 0 Å². The monoisotopic (exact) mass is 2080 g/mol. The number of anilines is 2. The molecule has 2 aliphatic carbocycles.